The lowest BCUT2D eigenvalue weighted by atomic mass is 10.0. The fourth-order valence-electron chi connectivity index (χ4n) is 3.03. The van der Waals surface area contributed by atoms with Crippen LogP contribution in [0.5, 0.6) is 0 Å². The van der Waals surface area contributed by atoms with E-state index in [9.17, 15) is 0 Å². The van der Waals surface area contributed by atoms with Crippen LogP contribution in [0.4, 0.5) is 5.82 Å². The number of nitrogens with zero attached hydrogens (tertiary/aromatic N) is 3. The van der Waals surface area contributed by atoms with Crippen LogP contribution in [0.2, 0.25) is 0 Å². The van der Waals surface area contributed by atoms with E-state index in [2.05, 4.69) is 41.1 Å². The summed E-state index contributed by atoms with van der Waals surface area (Å²) in [5.74, 6) is 0.973. The van der Waals surface area contributed by atoms with E-state index in [0.717, 1.165) is 37.1 Å². The molecule has 1 aromatic heterocycles. The Labute approximate surface area is 130 Å². The fourth-order valence-corrected chi connectivity index (χ4v) is 3.03. The molecule has 2 aromatic rings. The van der Waals surface area contributed by atoms with Crippen molar-refractivity contribution in [3.63, 3.8) is 0 Å². The molecule has 0 saturated carbocycles. The summed E-state index contributed by atoms with van der Waals surface area (Å²) < 4.78 is 5.63. The number of anilines is 1. The number of aromatic nitrogens is 2. The van der Waals surface area contributed by atoms with E-state index >= 15 is 0 Å². The molecule has 5 heteroatoms. The van der Waals surface area contributed by atoms with Crippen molar-refractivity contribution in [3.8, 4) is 0 Å². The summed E-state index contributed by atoms with van der Waals surface area (Å²) in [6, 6.07) is 4.39. The van der Waals surface area contributed by atoms with Gasteiger partial charge in [-0.05, 0) is 49.9 Å². The molecule has 0 unspecified atom stereocenters. The van der Waals surface area contributed by atoms with Gasteiger partial charge in [-0.25, -0.2) is 0 Å². The second-order valence-electron chi connectivity index (χ2n) is 5.97. The lowest BCUT2D eigenvalue weighted by Crippen LogP contribution is -2.38. The molecule has 1 saturated heterocycles. The Kier molecular flexibility index (Phi) is 4.55. The van der Waals surface area contributed by atoms with E-state index in [1.54, 1.807) is 0 Å². The molecule has 0 radical (unpaired) electrons. The lowest BCUT2D eigenvalue weighted by molar-refractivity contribution is 0.0158. The first-order chi connectivity index (χ1) is 10.7. The highest BCUT2D eigenvalue weighted by Gasteiger charge is 2.22. The molecular weight excluding hydrogens is 278 g/mol. The highest BCUT2D eigenvalue weighted by atomic mass is 16.5. The molecule has 118 valence electrons. The Balaban J connectivity index is 1.81. The van der Waals surface area contributed by atoms with Crippen LogP contribution in [0, 0.1) is 13.8 Å². The predicted molar refractivity (Wildman–Crippen MR) is 87.3 cm³/mol. The van der Waals surface area contributed by atoms with Crippen LogP contribution in [0.25, 0.3) is 10.8 Å². The quantitative estimate of drug-likeness (QED) is 0.938. The third-order valence-electron chi connectivity index (χ3n) is 4.44. The van der Waals surface area contributed by atoms with Crippen LogP contribution in [-0.2, 0) is 4.74 Å². The van der Waals surface area contributed by atoms with Crippen molar-refractivity contribution in [1.82, 2.24) is 10.2 Å². The van der Waals surface area contributed by atoms with E-state index in [1.807, 2.05) is 6.20 Å². The molecule has 0 spiro atoms. The van der Waals surface area contributed by atoms with Gasteiger partial charge in [-0.1, -0.05) is 0 Å². The largest absolute Gasteiger partial charge is 0.394 e. The standard InChI is InChI=1S/C17H23N3O2/c1-12-9-14-11-18-19-17(16(14)10-13(12)2)20-5-3-15(4-6-20)22-8-7-21/h9-11,15,21H,3-8H2,1-2H3. The van der Waals surface area contributed by atoms with Gasteiger partial charge in [0.15, 0.2) is 5.82 Å². The van der Waals surface area contributed by atoms with Gasteiger partial charge in [0.1, 0.15) is 0 Å². The smallest absolute Gasteiger partial charge is 0.159 e. The van der Waals surface area contributed by atoms with Gasteiger partial charge in [-0.3, -0.25) is 0 Å². The molecule has 0 amide bonds. The van der Waals surface area contributed by atoms with Gasteiger partial charge < -0.3 is 14.7 Å². The second kappa shape index (κ2) is 6.58. The molecule has 22 heavy (non-hydrogen) atoms. The number of fused-ring (bicyclic) bond motifs is 1. The maximum Gasteiger partial charge on any atom is 0.159 e. The summed E-state index contributed by atoms with van der Waals surface area (Å²) in [6.07, 6.45) is 4.00. The minimum absolute atomic E-state index is 0.0909. The predicted octanol–water partition coefficient (Wildman–Crippen LogP) is 2.22. The summed E-state index contributed by atoms with van der Waals surface area (Å²) in [7, 11) is 0. The summed E-state index contributed by atoms with van der Waals surface area (Å²) in [4.78, 5) is 2.29. The Bertz CT molecular complexity index is 652. The Morgan fingerprint density at radius 3 is 2.68 bits per heavy atom. The Morgan fingerprint density at radius 1 is 1.23 bits per heavy atom. The van der Waals surface area contributed by atoms with Crippen LogP contribution in [0.1, 0.15) is 24.0 Å². The molecule has 2 heterocycles. The van der Waals surface area contributed by atoms with Gasteiger partial charge in [0, 0.05) is 23.9 Å². The van der Waals surface area contributed by atoms with Gasteiger partial charge >= 0.3 is 0 Å². The summed E-state index contributed by atoms with van der Waals surface area (Å²) in [5, 5.41) is 19.7. The van der Waals surface area contributed by atoms with Gasteiger partial charge in [-0.15, -0.1) is 5.10 Å². The lowest BCUT2D eigenvalue weighted by Gasteiger charge is -2.33. The van der Waals surface area contributed by atoms with E-state index in [-0.39, 0.29) is 12.7 Å². The monoisotopic (exact) mass is 301 g/mol. The fraction of sp³-hybridized carbons (Fsp3) is 0.529. The molecular formula is C17H23N3O2. The molecule has 1 aromatic carbocycles. The first-order valence-electron chi connectivity index (χ1n) is 7.89. The number of rotatable bonds is 4. The number of ether oxygens (including phenoxy) is 1. The van der Waals surface area contributed by atoms with E-state index in [1.165, 1.54) is 16.5 Å². The number of piperidine rings is 1. The second-order valence-corrected chi connectivity index (χ2v) is 5.97. The van der Waals surface area contributed by atoms with Crippen molar-refractivity contribution < 1.29 is 9.84 Å². The molecule has 0 bridgehead atoms. The zero-order valence-corrected chi connectivity index (χ0v) is 13.2. The third-order valence-corrected chi connectivity index (χ3v) is 4.44. The van der Waals surface area contributed by atoms with Crippen LogP contribution < -0.4 is 4.90 Å². The first-order valence-corrected chi connectivity index (χ1v) is 7.89. The van der Waals surface area contributed by atoms with Crippen molar-refractivity contribution in [2.24, 2.45) is 0 Å². The van der Waals surface area contributed by atoms with Crippen molar-refractivity contribution in [3.05, 3.63) is 29.5 Å². The zero-order valence-electron chi connectivity index (χ0n) is 13.2. The maximum atomic E-state index is 8.84. The molecule has 1 N–H and O–H groups in total. The Hall–Kier alpha value is -1.72. The number of hydrogen-bond acceptors (Lipinski definition) is 5. The van der Waals surface area contributed by atoms with Crippen molar-refractivity contribution >= 4 is 16.6 Å². The van der Waals surface area contributed by atoms with Crippen LogP contribution >= 0.6 is 0 Å². The molecule has 0 atom stereocenters. The van der Waals surface area contributed by atoms with E-state index in [0.29, 0.717) is 6.61 Å². The van der Waals surface area contributed by atoms with Gasteiger partial charge in [0.2, 0.25) is 0 Å². The SMILES string of the molecule is Cc1cc2cnnc(N3CCC(OCCO)CC3)c2cc1C. The number of hydrogen-bond donors (Lipinski definition) is 1. The summed E-state index contributed by atoms with van der Waals surface area (Å²) in [5.41, 5.74) is 2.56. The van der Waals surface area contributed by atoms with Gasteiger partial charge in [0.05, 0.1) is 25.5 Å². The van der Waals surface area contributed by atoms with E-state index < -0.39 is 0 Å². The normalized spacial score (nSPS) is 16.4. The molecule has 1 aliphatic heterocycles. The maximum absolute atomic E-state index is 8.84. The highest BCUT2D eigenvalue weighted by Crippen LogP contribution is 2.28. The van der Waals surface area contributed by atoms with Crippen LogP contribution in [0.3, 0.4) is 0 Å². The molecule has 0 aliphatic carbocycles. The van der Waals surface area contributed by atoms with Crippen LogP contribution in [-0.4, -0.2) is 47.7 Å². The topological polar surface area (TPSA) is 58.5 Å². The van der Waals surface area contributed by atoms with Crippen molar-refractivity contribution in [1.29, 1.82) is 0 Å². The molecule has 5 nitrogen and oxygen atoms in total. The molecule has 1 aliphatic rings. The zero-order chi connectivity index (χ0) is 15.5. The average molecular weight is 301 g/mol. The van der Waals surface area contributed by atoms with Gasteiger partial charge in [-0.2, -0.15) is 5.10 Å². The minimum Gasteiger partial charge on any atom is -0.394 e. The van der Waals surface area contributed by atoms with Gasteiger partial charge in [0.25, 0.3) is 0 Å². The molecule has 1 fully saturated rings. The van der Waals surface area contributed by atoms with Crippen molar-refractivity contribution in [2.45, 2.75) is 32.8 Å². The van der Waals surface area contributed by atoms with Crippen LogP contribution in [0.15, 0.2) is 18.3 Å². The first kappa shape index (κ1) is 15.2. The highest BCUT2D eigenvalue weighted by molar-refractivity contribution is 5.92. The summed E-state index contributed by atoms with van der Waals surface area (Å²) >= 11 is 0. The summed E-state index contributed by atoms with van der Waals surface area (Å²) in [6.45, 7) is 6.60. The van der Waals surface area contributed by atoms with E-state index in [4.69, 9.17) is 9.84 Å². The Morgan fingerprint density at radius 2 is 1.95 bits per heavy atom. The number of aliphatic hydroxyl groups excluding tert-OH is 1. The number of aryl methyl sites for hydroxylation is 2. The number of aliphatic hydroxyl groups is 1. The minimum atomic E-state index is 0.0909. The van der Waals surface area contributed by atoms with Crippen molar-refractivity contribution in [2.75, 3.05) is 31.2 Å². The average Bonchev–Trinajstić information content (AvgIpc) is 2.54. The number of benzene rings is 1. The molecule has 3 rings (SSSR count). The third kappa shape index (κ3) is 3.05.